The Bertz CT molecular complexity index is 420. The first kappa shape index (κ1) is 10.8. The standard InChI is InChI=1S/C12H16N4/c1-14-11-8-16-6-4-10(11)12(13)9-3-2-5-15-7-9/h2-3,5,7,16H,4,6,8,13H2,1H3. The Morgan fingerprint density at radius 3 is 3.12 bits per heavy atom. The van der Waals surface area contributed by atoms with Gasteiger partial charge in [0.1, 0.15) is 0 Å². The molecule has 1 saturated heterocycles. The van der Waals surface area contributed by atoms with Crippen molar-refractivity contribution in [2.75, 3.05) is 20.1 Å². The molecule has 4 nitrogen and oxygen atoms in total. The molecule has 0 spiro atoms. The summed E-state index contributed by atoms with van der Waals surface area (Å²) in [5.74, 6) is 0. The van der Waals surface area contributed by atoms with Crippen LogP contribution in [-0.4, -0.2) is 30.8 Å². The van der Waals surface area contributed by atoms with Gasteiger partial charge in [0.2, 0.25) is 0 Å². The Kier molecular flexibility index (Phi) is 3.31. The predicted molar refractivity (Wildman–Crippen MR) is 66.2 cm³/mol. The predicted octanol–water partition coefficient (Wildman–Crippen LogP) is 0.815. The van der Waals surface area contributed by atoms with Gasteiger partial charge in [0.25, 0.3) is 0 Å². The zero-order chi connectivity index (χ0) is 11.4. The number of hydrogen-bond donors (Lipinski definition) is 2. The van der Waals surface area contributed by atoms with Crippen molar-refractivity contribution in [3.05, 3.63) is 35.7 Å². The van der Waals surface area contributed by atoms with Crippen molar-refractivity contribution >= 4 is 11.4 Å². The van der Waals surface area contributed by atoms with E-state index in [1.165, 1.54) is 0 Å². The van der Waals surface area contributed by atoms with E-state index in [2.05, 4.69) is 15.3 Å². The van der Waals surface area contributed by atoms with Crippen LogP contribution in [0.4, 0.5) is 0 Å². The van der Waals surface area contributed by atoms with Crippen molar-refractivity contribution in [2.45, 2.75) is 6.42 Å². The lowest BCUT2D eigenvalue weighted by Crippen LogP contribution is -2.33. The molecule has 1 aromatic heterocycles. The minimum Gasteiger partial charge on any atom is -0.398 e. The summed E-state index contributed by atoms with van der Waals surface area (Å²) in [5.41, 5.74) is 10.1. The van der Waals surface area contributed by atoms with Gasteiger partial charge in [-0.25, -0.2) is 0 Å². The highest BCUT2D eigenvalue weighted by molar-refractivity contribution is 6.07. The Labute approximate surface area is 95.3 Å². The van der Waals surface area contributed by atoms with Crippen LogP contribution < -0.4 is 11.1 Å². The van der Waals surface area contributed by atoms with E-state index in [1.54, 1.807) is 19.4 Å². The normalized spacial score (nSPS) is 22.2. The summed E-state index contributed by atoms with van der Waals surface area (Å²) in [7, 11) is 1.80. The third-order valence-corrected chi connectivity index (χ3v) is 2.76. The molecule has 0 aliphatic carbocycles. The fraction of sp³-hybridized carbons (Fsp3) is 0.333. The first-order valence-corrected chi connectivity index (χ1v) is 5.38. The summed E-state index contributed by atoms with van der Waals surface area (Å²) in [6.07, 6.45) is 4.46. The lowest BCUT2D eigenvalue weighted by Gasteiger charge is -2.20. The molecule has 0 bridgehead atoms. The lowest BCUT2D eigenvalue weighted by molar-refractivity contribution is 0.731. The summed E-state index contributed by atoms with van der Waals surface area (Å²) in [4.78, 5) is 8.35. The van der Waals surface area contributed by atoms with Crippen molar-refractivity contribution in [1.82, 2.24) is 10.3 Å². The molecule has 0 aromatic carbocycles. The number of nitrogens with zero attached hydrogens (tertiary/aromatic N) is 2. The Morgan fingerprint density at radius 1 is 1.56 bits per heavy atom. The van der Waals surface area contributed by atoms with Gasteiger partial charge in [-0.05, 0) is 30.7 Å². The average Bonchev–Trinajstić information content (AvgIpc) is 2.39. The molecule has 0 radical (unpaired) electrons. The van der Waals surface area contributed by atoms with Crippen LogP contribution in [0.2, 0.25) is 0 Å². The molecule has 3 N–H and O–H groups in total. The summed E-state index contributed by atoms with van der Waals surface area (Å²) >= 11 is 0. The summed E-state index contributed by atoms with van der Waals surface area (Å²) in [6.45, 7) is 1.75. The number of nitrogens with one attached hydrogen (secondary N) is 1. The van der Waals surface area contributed by atoms with Crippen LogP contribution in [0, 0.1) is 0 Å². The van der Waals surface area contributed by atoms with E-state index < -0.39 is 0 Å². The smallest absolute Gasteiger partial charge is 0.0536 e. The molecule has 0 saturated carbocycles. The van der Waals surface area contributed by atoms with Crippen LogP contribution in [0.15, 0.2) is 35.1 Å². The molecule has 4 heteroatoms. The molecule has 1 aromatic rings. The van der Waals surface area contributed by atoms with Crippen LogP contribution >= 0.6 is 0 Å². The maximum atomic E-state index is 6.17. The molecule has 0 amide bonds. The average molecular weight is 216 g/mol. The number of nitrogens with two attached hydrogens (primary N) is 1. The number of aromatic nitrogens is 1. The Hall–Kier alpha value is -1.68. The molecule has 2 rings (SSSR count). The van der Waals surface area contributed by atoms with E-state index in [0.717, 1.165) is 42.1 Å². The first-order valence-electron chi connectivity index (χ1n) is 5.38. The van der Waals surface area contributed by atoms with Gasteiger partial charge in [-0.2, -0.15) is 0 Å². The summed E-state index contributed by atoms with van der Waals surface area (Å²) < 4.78 is 0. The monoisotopic (exact) mass is 216 g/mol. The van der Waals surface area contributed by atoms with E-state index in [9.17, 15) is 0 Å². The minimum absolute atomic E-state index is 0.798. The molecule has 1 aliphatic rings. The Morgan fingerprint density at radius 2 is 2.44 bits per heavy atom. The highest BCUT2D eigenvalue weighted by atomic mass is 14.9. The van der Waals surface area contributed by atoms with E-state index in [4.69, 9.17) is 5.73 Å². The quantitative estimate of drug-likeness (QED) is 0.730. The van der Waals surface area contributed by atoms with Crippen LogP contribution in [-0.2, 0) is 0 Å². The maximum absolute atomic E-state index is 6.17. The third-order valence-electron chi connectivity index (χ3n) is 2.76. The van der Waals surface area contributed by atoms with Crippen molar-refractivity contribution < 1.29 is 0 Å². The molecule has 0 atom stereocenters. The van der Waals surface area contributed by atoms with Crippen molar-refractivity contribution in [3.8, 4) is 0 Å². The van der Waals surface area contributed by atoms with E-state index in [-0.39, 0.29) is 0 Å². The van der Waals surface area contributed by atoms with Gasteiger partial charge < -0.3 is 11.1 Å². The fourth-order valence-corrected chi connectivity index (χ4v) is 1.87. The van der Waals surface area contributed by atoms with E-state index >= 15 is 0 Å². The van der Waals surface area contributed by atoms with Crippen molar-refractivity contribution in [2.24, 2.45) is 10.7 Å². The molecular weight excluding hydrogens is 200 g/mol. The lowest BCUT2D eigenvalue weighted by atomic mass is 9.98. The first-order chi connectivity index (χ1) is 7.83. The third kappa shape index (κ3) is 2.12. The minimum atomic E-state index is 0.798. The van der Waals surface area contributed by atoms with Gasteiger partial charge in [0.05, 0.1) is 5.71 Å². The van der Waals surface area contributed by atoms with Gasteiger partial charge in [-0.1, -0.05) is 0 Å². The SMILES string of the molecule is CN=C1CNCCC1=C(N)c1cccnc1. The maximum Gasteiger partial charge on any atom is 0.0536 e. The van der Waals surface area contributed by atoms with Crippen LogP contribution in [0.5, 0.6) is 0 Å². The van der Waals surface area contributed by atoms with Gasteiger partial charge >= 0.3 is 0 Å². The number of rotatable bonds is 1. The zero-order valence-electron chi connectivity index (χ0n) is 9.40. The largest absolute Gasteiger partial charge is 0.398 e. The van der Waals surface area contributed by atoms with Gasteiger partial charge in [0, 0.05) is 37.2 Å². The number of hydrogen-bond acceptors (Lipinski definition) is 4. The summed E-state index contributed by atoms with van der Waals surface area (Å²) in [6, 6.07) is 3.87. The number of pyridine rings is 1. The molecular formula is C12H16N4. The number of aliphatic imine (C=N–C) groups is 1. The highest BCUT2D eigenvalue weighted by Gasteiger charge is 2.16. The van der Waals surface area contributed by atoms with Gasteiger partial charge in [-0.15, -0.1) is 0 Å². The van der Waals surface area contributed by atoms with Crippen molar-refractivity contribution in [1.29, 1.82) is 0 Å². The van der Waals surface area contributed by atoms with Crippen molar-refractivity contribution in [3.63, 3.8) is 0 Å². The summed E-state index contributed by atoms with van der Waals surface area (Å²) in [5, 5.41) is 3.29. The van der Waals surface area contributed by atoms with Gasteiger partial charge in [-0.3, -0.25) is 9.98 Å². The topological polar surface area (TPSA) is 63.3 Å². The Balaban J connectivity index is 2.39. The van der Waals surface area contributed by atoms with Gasteiger partial charge in [0.15, 0.2) is 0 Å². The number of piperidine rings is 1. The fourth-order valence-electron chi connectivity index (χ4n) is 1.87. The molecule has 2 heterocycles. The second kappa shape index (κ2) is 4.90. The molecule has 16 heavy (non-hydrogen) atoms. The van der Waals surface area contributed by atoms with Crippen LogP contribution in [0.25, 0.3) is 5.70 Å². The second-order valence-electron chi connectivity index (χ2n) is 3.73. The molecule has 0 unspecified atom stereocenters. The zero-order valence-corrected chi connectivity index (χ0v) is 9.40. The second-order valence-corrected chi connectivity index (χ2v) is 3.73. The van der Waals surface area contributed by atoms with Crippen LogP contribution in [0.3, 0.4) is 0 Å². The molecule has 1 aliphatic heterocycles. The van der Waals surface area contributed by atoms with E-state index in [0.29, 0.717) is 0 Å². The highest BCUT2D eigenvalue weighted by Crippen LogP contribution is 2.18. The molecule has 1 fully saturated rings. The van der Waals surface area contributed by atoms with Crippen LogP contribution in [0.1, 0.15) is 12.0 Å². The molecule has 84 valence electrons. The van der Waals surface area contributed by atoms with E-state index in [1.807, 2.05) is 12.1 Å².